The molecule has 1 fully saturated rings. The summed E-state index contributed by atoms with van der Waals surface area (Å²) < 4.78 is 10.7. The van der Waals surface area contributed by atoms with Crippen LogP contribution in [0.4, 0.5) is 0 Å². The van der Waals surface area contributed by atoms with Gasteiger partial charge in [0.25, 0.3) is 0 Å². The highest BCUT2D eigenvalue weighted by molar-refractivity contribution is 6.03. The van der Waals surface area contributed by atoms with Crippen LogP contribution in [0.2, 0.25) is 0 Å². The molecule has 0 aliphatic carbocycles. The number of carbonyl (C=O) groups is 1. The summed E-state index contributed by atoms with van der Waals surface area (Å²) in [4.78, 5) is 22.3. The smallest absolute Gasteiger partial charge is 0.342 e. The summed E-state index contributed by atoms with van der Waals surface area (Å²) in [6.07, 6.45) is -3.75. The number of fused-ring (bicyclic) bond motifs is 2. The number of aliphatic hydroxyl groups excluding tert-OH is 3. The minimum atomic E-state index is -1.58. The molecule has 2 aromatic carbocycles. The van der Waals surface area contributed by atoms with Gasteiger partial charge in [0.1, 0.15) is 23.8 Å². The summed E-state index contributed by atoms with van der Waals surface area (Å²) in [5, 5.41) is 29.9. The van der Waals surface area contributed by atoms with E-state index in [-0.39, 0.29) is 5.56 Å². The van der Waals surface area contributed by atoms with Crippen LogP contribution in [0.25, 0.3) is 22.1 Å². The van der Waals surface area contributed by atoms with Crippen molar-refractivity contribution in [2.45, 2.75) is 57.9 Å². The molecule has 1 aliphatic rings. The number of esters is 1. The monoisotopic (exact) mass is 438 g/mol. The van der Waals surface area contributed by atoms with Crippen molar-refractivity contribution in [3.8, 4) is 0 Å². The quantitative estimate of drug-likeness (QED) is 0.322. The van der Waals surface area contributed by atoms with Crippen LogP contribution in [-0.4, -0.2) is 62.0 Å². The number of allylic oxidation sites excluding steroid dienone is 2. The van der Waals surface area contributed by atoms with Crippen molar-refractivity contribution in [1.29, 1.82) is 0 Å². The standard InChI is InChI=1S/C24H26N2O6/c1-12(2)10-11-14-6-4-8-16-18(14)25-17-9-5-7-15(19(17)26-16)23(30)32-24-22(29)21(28)20(27)13(3)31-24/h4-10,13,20-22,24,27-29H,11H2,1-3H3/t13-,20+,21+,22+,24-/m0/s1. The molecule has 32 heavy (non-hydrogen) atoms. The number of aliphatic hydroxyl groups is 3. The number of carbonyl (C=O) groups excluding carboxylic acids is 1. The second-order valence-corrected chi connectivity index (χ2v) is 8.25. The molecule has 3 aromatic rings. The molecule has 0 saturated carbocycles. The van der Waals surface area contributed by atoms with Crippen molar-refractivity contribution in [1.82, 2.24) is 9.97 Å². The summed E-state index contributed by atoms with van der Waals surface area (Å²) >= 11 is 0. The Bertz CT molecular complexity index is 1190. The molecule has 1 aliphatic heterocycles. The molecule has 8 heteroatoms. The van der Waals surface area contributed by atoms with Gasteiger partial charge in [0.05, 0.1) is 28.2 Å². The summed E-state index contributed by atoms with van der Waals surface area (Å²) in [6.45, 7) is 5.60. The second-order valence-electron chi connectivity index (χ2n) is 8.25. The van der Waals surface area contributed by atoms with Gasteiger partial charge in [-0.2, -0.15) is 0 Å². The Morgan fingerprint density at radius 1 is 1.00 bits per heavy atom. The Labute approximate surface area is 185 Å². The lowest BCUT2D eigenvalue weighted by molar-refractivity contribution is -0.276. The summed E-state index contributed by atoms with van der Waals surface area (Å²) in [5.41, 5.74) is 4.72. The molecule has 4 rings (SSSR count). The topological polar surface area (TPSA) is 122 Å². The van der Waals surface area contributed by atoms with Crippen LogP contribution in [0, 0.1) is 0 Å². The summed E-state index contributed by atoms with van der Waals surface area (Å²) in [6, 6.07) is 10.7. The van der Waals surface area contributed by atoms with E-state index in [1.54, 1.807) is 18.2 Å². The Morgan fingerprint density at radius 2 is 1.66 bits per heavy atom. The summed E-state index contributed by atoms with van der Waals surface area (Å²) in [5.74, 6) is -0.773. The maximum Gasteiger partial charge on any atom is 0.342 e. The third kappa shape index (κ3) is 4.22. The fourth-order valence-corrected chi connectivity index (χ4v) is 3.70. The van der Waals surface area contributed by atoms with E-state index in [9.17, 15) is 20.1 Å². The molecular weight excluding hydrogens is 412 g/mol. The molecule has 1 saturated heterocycles. The molecule has 3 N–H and O–H groups in total. The Kier molecular flexibility index (Phi) is 6.21. The third-order valence-corrected chi connectivity index (χ3v) is 5.56. The van der Waals surface area contributed by atoms with Crippen molar-refractivity contribution in [2.24, 2.45) is 0 Å². The fourth-order valence-electron chi connectivity index (χ4n) is 3.70. The van der Waals surface area contributed by atoms with Gasteiger partial charge in [-0.15, -0.1) is 0 Å². The molecular formula is C24H26N2O6. The van der Waals surface area contributed by atoms with Crippen LogP contribution < -0.4 is 0 Å². The van der Waals surface area contributed by atoms with E-state index in [1.165, 1.54) is 12.5 Å². The first-order valence-corrected chi connectivity index (χ1v) is 10.5. The number of benzene rings is 2. The van der Waals surface area contributed by atoms with E-state index in [4.69, 9.17) is 14.5 Å². The number of ether oxygens (including phenoxy) is 2. The first-order valence-electron chi connectivity index (χ1n) is 10.5. The maximum absolute atomic E-state index is 12.9. The van der Waals surface area contributed by atoms with Crippen LogP contribution in [0.5, 0.6) is 0 Å². The number of aromatic nitrogens is 2. The molecule has 2 heterocycles. The number of nitrogens with zero attached hydrogens (tertiary/aromatic N) is 2. The molecule has 0 unspecified atom stereocenters. The highest BCUT2D eigenvalue weighted by atomic mass is 16.7. The first-order chi connectivity index (χ1) is 15.3. The number of hydrogen-bond acceptors (Lipinski definition) is 8. The van der Waals surface area contributed by atoms with E-state index in [0.717, 1.165) is 17.5 Å². The number of para-hydroxylation sites is 2. The van der Waals surface area contributed by atoms with Crippen LogP contribution >= 0.6 is 0 Å². The number of rotatable bonds is 4. The van der Waals surface area contributed by atoms with E-state index >= 15 is 0 Å². The van der Waals surface area contributed by atoms with Gasteiger partial charge in [-0.1, -0.05) is 29.8 Å². The average molecular weight is 438 g/mol. The zero-order chi connectivity index (χ0) is 23.0. The van der Waals surface area contributed by atoms with Gasteiger partial charge in [0.2, 0.25) is 6.29 Å². The van der Waals surface area contributed by atoms with E-state index in [2.05, 4.69) is 11.1 Å². The zero-order valence-electron chi connectivity index (χ0n) is 18.1. The highest BCUT2D eigenvalue weighted by Gasteiger charge is 2.44. The molecule has 168 valence electrons. The lowest BCUT2D eigenvalue weighted by Gasteiger charge is -2.38. The van der Waals surface area contributed by atoms with Gasteiger partial charge in [-0.25, -0.2) is 14.8 Å². The highest BCUT2D eigenvalue weighted by Crippen LogP contribution is 2.26. The fraction of sp³-hybridized carbons (Fsp3) is 0.375. The van der Waals surface area contributed by atoms with Crippen molar-refractivity contribution in [3.05, 3.63) is 59.2 Å². The molecule has 1 aromatic heterocycles. The van der Waals surface area contributed by atoms with Gasteiger partial charge in [-0.3, -0.25) is 0 Å². The second kappa shape index (κ2) is 8.91. The molecule has 8 nitrogen and oxygen atoms in total. The predicted molar refractivity (Wildman–Crippen MR) is 118 cm³/mol. The molecule has 0 radical (unpaired) electrons. The van der Waals surface area contributed by atoms with Crippen LogP contribution in [-0.2, 0) is 15.9 Å². The SMILES string of the molecule is CC(C)=CCc1cccc2nc3c(C(=O)O[C@@H]4O[C@@H](C)[C@@H](O)[C@@H](O)[C@H]4O)cccc3nc12. The van der Waals surface area contributed by atoms with Gasteiger partial charge >= 0.3 is 5.97 Å². The van der Waals surface area contributed by atoms with Crippen LogP contribution in [0.3, 0.4) is 0 Å². The van der Waals surface area contributed by atoms with Crippen LogP contribution in [0.15, 0.2) is 48.0 Å². The Balaban J connectivity index is 1.69. The van der Waals surface area contributed by atoms with Crippen molar-refractivity contribution < 1.29 is 29.6 Å². The zero-order valence-corrected chi connectivity index (χ0v) is 18.1. The molecule has 0 bridgehead atoms. The molecule has 0 amide bonds. The predicted octanol–water partition coefficient (Wildman–Crippen LogP) is 2.28. The molecule has 0 spiro atoms. The Hall–Kier alpha value is -2.91. The first kappa shape index (κ1) is 22.3. The van der Waals surface area contributed by atoms with Gasteiger partial charge in [0.15, 0.2) is 0 Å². The normalized spacial score (nSPS) is 25.6. The van der Waals surface area contributed by atoms with Crippen molar-refractivity contribution in [3.63, 3.8) is 0 Å². The third-order valence-electron chi connectivity index (χ3n) is 5.56. The summed E-state index contributed by atoms with van der Waals surface area (Å²) in [7, 11) is 0. The van der Waals surface area contributed by atoms with Crippen LogP contribution in [0.1, 0.15) is 36.7 Å². The maximum atomic E-state index is 12.9. The van der Waals surface area contributed by atoms with E-state index in [0.29, 0.717) is 16.6 Å². The van der Waals surface area contributed by atoms with Gasteiger partial charge in [-0.05, 0) is 51.0 Å². The van der Waals surface area contributed by atoms with Gasteiger partial charge < -0.3 is 24.8 Å². The lowest BCUT2D eigenvalue weighted by atomic mass is 10.00. The van der Waals surface area contributed by atoms with E-state index < -0.39 is 36.7 Å². The minimum Gasteiger partial charge on any atom is -0.429 e. The Morgan fingerprint density at radius 3 is 2.38 bits per heavy atom. The molecule has 5 atom stereocenters. The lowest BCUT2D eigenvalue weighted by Crippen LogP contribution is -2.57. The largest absolute Gasteiger partial charge is 0.429 e. The van der Waals surface area contributed by atoms with E-state index in [1.807, 2.05) is 32.0 Å². The van der Waals surface area contributed by atoms with Crippen molar-refractivity contribution in [2.75, 3.05) is 0 Å². The van der Waals surface area contributed by atoms with Gasteiger partial charge in [0, 0.05) is 0 Å². The number of hydrogen-bond donors (Lipinski definition) is 3. The average Bonchev–Trinajstić information content (AvgIpc) is 2.77. The minimum absolute atomic E-state index is 0.163. The van der Waals surface area contributed by atoms with Crippen molar-refractivity contribution >= 4 is 28.0 Å².